The Morgan fingerprint density at radius 1 is 0.712 bits per heavy atom. The molecule has 118 heavy (non-hydrogen) atoms. The van der Waals surface area contributed by atoms with E-state index in [0.29, 0.717) is 55.6 Å². The van der Waals surface area contributed by atoms with Crippen LogP contribution in [0.4, 0.5) is 17.6 Å². The summed E-state index contributed by atoms with van der Waals surface area (Å²) in [6.45, 7) is 33.3. The monoisotopic (exact) mass is 1800 g/mol. The molecule has 37 nitrogen and oxygen atoms in total. The van der Waals surface area contributed by atoms with Crippen LogP contribution in [-0.2, 0) is 73.2 Å². The van der Waals surface area contributed by atoms with Crippen molar-refractivity contribution in [2.45, 2.75) is 129 Å². The van der Waals surface area contributed by atoms with Crippen LogP contribution in [0.1, 0.15) is 157 Å². The summed E-state index contributed by atoms with van der Waals surface area (Å²) in [5.41, 5.74) is 10.3. The first kappa shape index (κ1) is 135. The standard InChI is InChI=1S/C13H18N4O3.C10H14N2O4.C7H5N3O2.C7H13N3OS.C6H10N2.2C4H6N2.C2H3F3.C2H5NO.C2H3N.C2H4O2.C2H6O.4C2H6.CH3Br.CH3Cl.CH3F.CH3NO2.Na/c1-19-7-5-17(6-8-20-2)13(18)10-3-4-11-12(9-10)15-16-14-11;1-4-15-9(13)7-8(10(14)16-5-2)12(3)6-11-7;11-7(12)4-1-2-5-6(3-4)9-10-8-5;1-3-11-4-5-12-7-8-6-10(2)9-7;1-5-4-6(2)8(3)7-5;1-6-3-2-5-4-6;1-6-4-2-3-5-6;1-2(3,4)5;1-2(3)4;1-2-3;1-2(3)4;1-3-2;7*1-2;1-2(3)4;/h3-4,9H,5-8H2,1-2H3,(H,14,15,16);6H,4-5H2,1-3H3;1-3H,(H,11,12)(H,8,9,10);6H,3-5H2,1-2H3;4H,1-3H3;2*2-4H,1H3;1H3;1H3,(H2,3,4);1H3;1H3,(H,3,4);1-2H3;4*1-2H3;3*1H3;1H3;/q;;;;;;;;;;;;;;;;;;;;+1/p-1. The third kappa shape index (κ3) is 87.4. The quantitative estimate of drug-likeness (QED) is 0.00964. The van der Waals surface area contributed by atoms with Gasteiger partial charge >= 0.3 is 53.6 Å². The van der Waals surface area contributed by atoms with E-state index in [0.717, 1.165) is 49.3 Å². The molecule has 9 rings (SSSR count). The molecule has 2 aromatic carbocycles. The molecule has 0 aliphatic rings. The van der Waals surface area contributed by atoms with Crippen molar-refractivity contribution in [1.82, 2.24) is 89.1 Å². The minimum Gasteiger partial charge on any atom is -0.550 e. The summed E-state index contributed by atoms with van der Waals surface area (Å²) in [6.07, 6.45) is 9.57. The van der Waals surface area contributed by atoms with Gasteiger partial charge < -0.3 is 63.2 Å². The van der Waals surface area contributed by atoms with Crippen molar-refractivity contribution in [3.63, 3.8) is 0 Å². The van der Waals surface area contributed by atoms with Crippen molar-refractivity contribution in [2.24, 2.45) is 41.0 Å². The largest absolute Gasteiger partial charge is 1.00 e. The summed E-state index contributed by atoms with van der Waals surface area (Å²) < 4.78 is 78.3. The van der Waals surface area contributed by atoms with Crippen LogP contribution in [0.5, 0.6) is 0 Å². The van der Waals surface area contributed by atoms with Gasteiger partial charge in [0.2, 0.25) is 11.1 Å². The zero-order valence-corrected chi connectivity index (χ0v) is 79.6. The number of aromatic amines is 2. The van der Waals surface area contributed by atoms with Crippen molar-refractivity contribution in [2.75, 3.05) is 113 Å². The van der Waals surface area contributed by atoms with Crippen LogP contribution in [0, 0.1) is 35.3 Å². The molecule has 9 aromatic rings. The Balaban J connectivity index is -0.000000106. The number of esters is 2. The first-order chi connectivity index (χ1) is 55.5. The molecule has 0 fully saturated rings. The number of amides is 2. The number of aromatic carboxylic acids is 1. The number of aliphatic carboxylic acids is 1. The zero-order chi connectivity index (χ0) is 93.5. The summed E-state index contributed by atoms with van der Waals surface area (Å²) in [7, 11) is 17.1. The van der Waals surface area contributed by atoms with E-state index in [-0.39, 0.29) is 78.5 Å². The van der Waals surface area contributed by atoms with Crippen molar-refractivity contribution < 1.29 is 119 Å². The SMILES string of the molecule is CBr.CC.CC.CC.CC.CC#N.CC(=O)[O-].CC(F)(F)F.CC(N)=O.CCOC(=O)c1ncn(C)c1C(=O)OCC.CCOCCSc1ncn(C)n1.CCl.CF.COC.COCCN(CCOC)C(=O)c1ccc2n[nH]nc2c1.C[N+](=O)[O-].Cc1cc(C)n(C)n1.Cn1cccn1.Cn1ccnc1.O=C(O)c1ccc2n[nH]nc2c1.[Na+]. The molecule has 0 spiro atoms. The molecule has 45 heteroatoms. The number of fused-ring (bicyclic) bond motifs is 2. The molecule has 7 aromatic heterocycles. The van der Waals surface area contributed by atoms with E-state index in [1.165, 1.54) is 49.0 Å². The minimum atomic E-state index is -4.00. The summed E-state index contributed by atoms with van der Waals surface area (Å²) in [5, 5.41) is 67.0. The molecule has 2 amide bonds. The van der Waals surface area contributed by atoms with Gasteiger partial charge in [-0.1, -0.05) is 83.1 Å². The van der Waals surface area contributed by atoms with Gasteiger partial charge in [0.25, 0.3) is 5.91 Å². The molecule has 0 aliphatic heterocycles. The molecular formula is C73H128BrClF4N21NaO16S. The Labute approximate surface area is 732 Å². The number of nitro groups is 1. The number of carboxylic acids is 2. The van der Waals surface area contributed by atoms with Gasteiger partial charge in [0.05, 0.1) is 70.2 Å². The molecule has 0 bridgehead atoms. The number of aromatic nitrogens is 17. The van der Waals surface area contributed by atoms with Crippen LogP contribution in [0.25, 0.3) is 22.1 Å². The number of hydrogen-bond acceptors (Lipinski definition) is 27. The normalized spacial score (nSPS) is 8.60. The van der Waals surface area contributed by atoms with Gasteiger partial charge in [-0.25, -0.2) is 29.3 Å². The van der Waals surface area contributed by atoms with Crippen LogP contribution in [0.15, 0.2) is 97.5 Å². The number of aryl methyl sites for hydroxylation is 7. The van der Waals surface area contributed by atoms with Crippen molar-refractivity contribution in [3.05, 3.63) is 136 Å². The maximum Gasteiger partial charge on any atom is 1.00 e. The van der Waals surface area contributed by atoms with Gasteiger partial charge in [0.1, 0.15) is 28.4 Å². The number of carbonyl (C=O) groups is 6. The molecule has 5 N–H and O–H groups in total. The van der Waals surface area contributed by atoms with E-state index in [9.17, 15) is 41.5 Å². The van der Waals surface area contributed by atoms with E-state index in [1.807, 2.05) is 138 Å². The van der Waals surface area contributed by atoms with E-state index in [1.54, 1.807) is 131 Å². The van der Waals surface area contributed by atoms with E-state index >= 15 is 0 Å². The zero-order valence-electron chi connectivity index (χ0n) is 74.4. The van der Waals surface area contributed by atoms with E-state index in [2.05, 4.69) is 105 Å². The Bertz CT molecular complexity index is 3690. The van der Waals surface area contributed by atoms with Gasteiger partial charge in [-0.3, -0.25) is 38.1 Å². The number of imidazole rings is 2. The molecule has 0 unspecified atom stereocenters. The number of H-pyrrole nitrogens is 2. The first-order valence-corrected chi connectivity index (χ1v) is 38.6. The summed E-state index contributed by atoms with van der Waals surface area (Å²) in [5.74, 6) is -0.911. The summed E-state index contributed by atoms with van der Waals surface area (Å²) in [4.78, 5) is 85.8. The maximum atomic E-state index is 12.5. The van der Waals surface area contributed by atoms with Gasteiger partial charge in [-0.2, -0.15) is 59.5 Å². The van der Waals surface area contributed by atoms with Crippen molar-refractivity contribution in [3.8, 4) is 6.07 Å². The second-order valence-corrected chi connectivity index (χ2v) is 20.4. The number of carbonyl (C=O) groups excluding carboxylic acids is 5. The fourth-order valence-corrected chi connectivity index (χ4v) is 6.89. The molecule has 0 saturated heterocycles. The number of alkyl halides is 6. The van der Waals surface area contributed by atoms with E-state index < -0.39 is 35.0 Å². The predicted octanol–water partition coefficient (Wildman–Crippen LogP) is 9.01. The number of primary amides is 1. The third-order valence-corrected chi connectivity index (χ3v) is 11.0. The number of nitrogens with one attached hydrogen (secondary N) is 2. The third-order valence-electron chi connectivity index (χ3n) is 10.2. The van der Waals surface area contributed by atoms with Gasteiger partial charge in [-0.05, 0) is 95.9 Å². The van der Waals surface area contributed by atoms with Crippen LogP contribution in [0.2, 0.25) is 0 Å². The molecule has 7 heterocycles. The Hall–Kier alpha value is -9.39. The number of ether oxygens (including phenoxy) is 6. The number of halogens is 6. The smallest absolute Gasteiger partial charge is 0.550 e. The average molecular weight is 1800 g/mol. The summed E-state index contributed by atoms with van der Waals surface area (Å²) >= 11 is 9.19. The Kier molecular flexibility index (Phi) is 110. The predicted molar refractivity (Wildman–Crippen MR) is 450 cm³/mol. The second kappa shape index (κ2) is 96.4. The fraction of sp³-hybridized carbons (Fsp3) is 0.548. The fourth-order valence-electron chi connectivity index (χ4n) is 6.20. The Morgan fingerprint density at radius 2 is 1.13 bits per heavy atom. The first-order valence-electron chi connectivity index (χ1n) is 35.3. The second-order valence-electron chi connectivity index (χ2n) is 19.3. The molecule has 0 aliphatic carbocycles. The van der Waals surface area contributed by atoms with Crippen LogP contribution >= 0.6 is 39.3 Å². The number of carboxylic acid groups (broad SMARTS) is 2. The number of nitrogens with zero attached hydrogens (tertiary/aromatic N) is 18. The van der Waals surface area contributed by atoms with Crippen LogP contribution in [0.3, 0.4) is 0 Å². The molecular weight excluding hydrogens is 1670 g/mol. The molecule has 0 atom stereocenters. The molecule has 0 radical (unpaired) electrons. The van der Waals surface area contributed by atoms with Crippen LogP contribution in [-0.4, -0.2) is 254 Å². The number of benzene rings is 2. The van der Waals surface area contributed by atoms with E-state index in [4.69, 9.17) is 54.1 Å². The van der Waals surface area contributed by atoms with Gasteiger partial charge in [-0.15, -0.1) is 16.7 Å². The van der Waals surface area contributed by atoms with Crippen LogP contribution < -0.4 is 40.4 Å². The summed E-state index contributed by atoms with van der Waals surface area (Å²) in [6, 6.07) is 15.5. The number of nitriles is 1. The number of methoxy groups -OCH3 is 3. The topological polar surface area (TPSA) is 482 Å². The minimum absolute atomic E-state index is 0. The number of rotatable bonds is 17. The molecule has 670 valence electrons. The van der Waals surface area contributed by atoms with Crippen molar-refractivity contribution in [1.29, 1.82) is 5.26 Å². The average Bonchev–Trinajstić information content (AvgIpc) is 1.66. The Morgan fingerprint density at radius 3 is 1.42 bits per heavy atom. The number of nitrogens with two attached hydrogens (primary N) is 1. The number of hydrogen-bond donors (Lipinski definition) is 4. The maximum absolute atomic E-state index is 12.5. The van der Waals surface area contributed by atoms with Gasteiger partial charge in [0, 0.05) is 163 Å². The van der Waals surface area contributed by atoms with Gasteiger partial charge in [0.15, 0.2) is 18.4 Å². The molecule has 0 saturated carbocycles. The number of thioether (sulfide) groups is 1. The van der Waals surface area contributed by atoms with Crippen molar-refractivity contribution >= 4 is 97.1 Å².